The lowest BCUT2D eigenvalue weighted by molar-refractivity contribution is -0.141. The second kappa shape index (κ2) is 16.6. The minimum absolute atomic E-state index is 0.000827. The van der Waals surface area contributed by atoms with Gasteiger partial charge in [-0.2, -0.15) is 12.6 Å². The van der Waals surface area contributed by atoms with Crippen molar-refractivity contribution in [1.82, 2.24) is 21.3 Å². The minimum Gasteiger partial charge on any atom is -0.480 e. The molecule has 0 aromatic heterocycles. The number of hydrogen-bond donors (Lipinski definition) is 8. The van der Waals surface area contributed by atoms with Crippen LogP contribution in [0.15, 0.2) is 60.7 Å². The molecule has 2 aromatic carbocycles. The molecule has 13 heteroatoms. The first-order chi connectivity index (χ1) is 18.7. The number of rotatable bonds is 15. The third-order valence-electron chi connectivity index (χ3n) is 5.52. The number of aliphatic carboxylic acids is 1. The Bertz CT molecular complexity index is 1100. The molecule has 12 nitrogen and oxygen atoms in total. The van der Waals surface area contributed by atoms with Gasteiger partial charge in [-0.25, -0.2) is 9.59 Å². The highest BCUT2D eigenvalue weighted by molar-refractivity contribution is 7.80. The highest BCUT2D eigenvalue weighted by Crippen LogP contribution is 2.07. The molecule has 0 saturated heterocycles. The molecule has 39 heavy (non-hydrogen) atoms. The molecule has 0 bridgehead atoms. The molecule has 3 amide bonds. The normalized spacial score (nSPS) is 12.7. The zero-order chi connectivity index (χ0) is 28.6. The summed E-state index contributed by atoms with van der Waals surface area (Å²) in [7, 11) is 0. The molecule has 0 spiro atoms. The van der Waals surface area contributed by atoms with Gasteiger partial charge in [0.1, 0.15) is 24.7 Å². The molecule has 0 radical (unpaired) electrons. The van der Waals surface area contributed by atoms with Crippen molar-refractivity contribution in [3.63, 3.8) is 0 Å². The van der Waals surface area contributed by atoms with Gasteiger partial charge in [0.05, 0.1) is 0 Å². The number of thiol groups is 1. The summed E-state index contributed by atoms with van der Waals surface area (Å²) < 4.78 is 5.27. The van der Waals surface area contributed by atoms with Crippen molar-refractivity contribution >= 4 is 42.5 Å². The fraction of sp³-hybridized carbons (Fsp3) is 0.346. The molecule has 210 valence electrons. The predicted molar refractivity (Wildman–Crippen MR) is 148 cm³/mol. The van der Waals surface area contributed by atoms with E-state index in [0.29, 0.717) is 6.42 Å². The Labute approximate surface area is 232 Å². The van der Waals surface area contributed by atoms with Gasteiger partial charge in [0.2, 0.25) is 11.8 Å². The summed E-state index contributed by atoms with van der Waals surface area (Å²) >= 11 is 3.96. The SMILES string of the molecule is N=C(N)NCCC[C@H](NC(=O)[C@@H](Cc1ccccc1)NC(=O)OCc1ccccc1)C(=O)N[C@@H](CS)C(=O)O. The van der Waals surface area contributed by atoms with E-state index in [-0.39, 0.29) is 37.7 Å². The summed E-state index contributed by atoms with van der Waals surface area (Å²) in [5, 5.41) is 26.7. The van der Waals surface area contributed by atoms with Crippen LogP contribution in [-0.4, -0.2) is 65.4 Å². The highest BCUT2D eigenvalue weighted by atomic mass is 32.1. The summed E-state index contributed by atoms with van der Waals surface area (Å²) in [6.07, 6.45) is -0.274. The molecule has 2 rings (SSSR count). The van der Waals surface area contributed by atoms with E-state index in [4.69, 9.17) is 15.9 Å². The number of carbonyl (C=O) groups is 4. The number of guanidine groups is 1. The number of nitrogens with one attached hydrogen (secondary N) is 5. The first kappa shape index (κ1) is 31.0. The average molecular weight is 559 g/mol. The Morgan fingerprint density at radius 2 is 1.44 bits per heavy atom. The average Bonchev–Trinajstić information content (AvgIpc) is 2.92. The Balaban J connectivity index is 2.15. The van der Waals surface area contributed by atoms with Crippen molar-refractivity contribution in [3.8, 4) is 0 Å². The van der Waals surface area contributed by atoms with Crippen LogP contribution in [0, 0.1) is 5.41 Å². The fourth-order valence-corrected chi connectivity index (χ4v) is 3.74. The Morgan fingerprint density at radius 1 is 0.872 bits per heavy atom. The summed E-state index contributed by atoms with van der Waals surface area (Å²) in [6.45, 7) is 0.252. The molecule has 0 saturated carbocycles. The molecule has 0 aliphatic rings. The number of alkyl carbamates (subject to hydrolysis) is 1. The van der Waals surface area contributed by atoms with Crippen LogP contribution in [0.1, 0.15) is 24.0 Å². The first-order valence-electron chi connectivity index (χ1n) is 12.2. The Kier molecular flexibility index (Phi) is 13.1. The van der Waals surface area contributed by atoms with E-state index in [2.05, 4.69) is 33.9 Å². The van der Waals surface area contributed by atoms with Gasteiger partial charge in [-0.15, -0.1) is 0 Å². The summed E-state index contributed by atoms with van der Waals surface area (Å²) in [4.78, 5) is 50.2. The number of benzene rings is 2. The number of hydrogen-bond acceptors (Lipinski definition) is 7. The number of carboxylic acids is 1. The van der Waals surface area contributed by atoms with Crippen molar-refractivity contribution in [2.24, 2.45) is 5.73 Å². The van der Waals surface area contributed by atoms with E-state index < -0.39 is 42.0 Å². The number of carboxylic acid groups (broad SMARTS) is 1. The molecular weight excluding hydrogens is 524 g/mol. The van der Waals surface area contributed by atoms with Crippen molar-refractivity contribution in [2.75, 3.05) is 12.3 Å². The van der Waals surface area contributed by atoms with Gasteiger partial charge in [0, 0.05) is 18.7 Å². The first-order valence-corrected chi connectivity index (χ1v) is 12.9. The molecule has 0 aliphatic carbocycles. The molecular formula is C26H34N6O6S. The monoisotopic (exact) mass is 558 g/mol. The van der Waals surface area contributed by atoms with Gasteiger partial charge < -0.3 is 36.8 Å². The Hall–Kier alpha value is -4.26. The van der Waals surface area contributed by atoms with Crippen molar-refractivity contribution in [2.45, 2.75) is 44.0 Å². The van der Waals surface area contributed by atoms with Crippen LogP contribution in [0.4, 0.5) is 4.79 Å². The van der Waals surface area contributed by atoms with Crippen LogP contribution < -0.4 is 27.0 Å². The quantitative estimate of drug-likeness (QED) is 0.0679. The minimum atomic E-state index is -1.27. The van der Waals surface area contributed by atoms with E-state index in [0.717, 1.165) is 11.1 Å². The van der Waals surface area contributed by atoms with E-state index >= 15 is 0 Å². The number of ether oxygens (including phenoxy) is 1. The van der Waals surface area contributed by atoms with Crippen LogP contribution in [0.2, 0.25) is 0 Å². The van der Waals surface area contributed by atoms with Gasteiger partial charge in [-0.1, -0.05) is 60.7 Å². The maximum Gasteiger partial charge on any atom is 0.408 e. The van der Waals surface area contributed by atoms with Crippen molar-refractivity contribution in [1.29, 1.82) is 5.41 Å². The van der Waals surface area contributed by atoms with E-state index in [1.165, 1.54) is 0 Å². The lowest BCUT2D eigenvalue weighted by atomic mass is 10.0. The van der Waals surface area contributed by atoms with Crippen LogP contribution in [0.25, 0.3) is 0 Å². The summed E-state index contributed by atoms with van der Waals surface area (Å²) in [5.41, 5.74) is 6.81. The number of nitrogens with two attached hydrogens (primary N) is 1. The van der Waals surface area contributed by atoms with Crippen LogP contribution >= 0.6 is 12.6 Å². The molecule has 0 fully saturated rings. The van der Waals surface area contributed by atoms with Gasteiger partial charge in [-0.05, 0) is 24.0 Å². The van der Waals surface area contributed by atoms with Gasteiger partial charge in [0.25, 0.3) is 0 Å². The van der Waals surface area contributed by atoms with Crippen LogP contribution in [-0.2, 0) is 32.1 Å². The molecule has 0 aliphatic heterocycles. The summed E-state index contributed by atoms with van der Waals surface area (Å²) in [5.74, 6) is -3.06. The zero-order valence-corrected chi connectivity index (χ0v) is 22.2. The molecule has 0 unspecified atom stereocenters. The van der Waals surface area contributed by atoms with E-state index in [9.17, 15) is 24.3 Å². The fourth-order valence-electron chi connectivity index (χ4n) is 3.49. The second-order valence-corrected chi connectivity index (χ2v) is 8.94. The topological polar surface area (TPSA) is 196 Å². The van der Waals surface area contributed by atoms with Crippen LogP contribution in [0.5, 0.6) is 0 Å². The Morgan fingerprint density at radius 3 is 2.00 bits per heavy atom. The third-order valence-corrected chi connectivity index (χ3v) is 5.88. The maximum atomic E-state index is 13.3. The predicted octanol–water partition coefficient (Wildman–Crippen LogP) is 0.771. The maximum absolute atomic E-state index is 13.3. The second-order valence-electron chi connectivity index (χ2n) is 8.57. The van der Waals surface area contributed by atoms with Crippen LogP contribution in [0.3, 0.4) is 0 Å². The highest BCUT2D eigenvalue weighted by Gasteiger charge is 2.29. The van der Waals surface area contributed by atoms with E-state index in [1.54, 1.807) is 36.4 Å². The summed E-state index contributed by atoms with van der Waals surface area (Å²) in [6, 6.07) is 14.5. The van der Waals surface area contributed by atoms with Gasteiger partial charge in [-0.3, -0.25) is 15.0 Å². The standard InChI is InChI=1S/C26H34N6O6S/c27-25(28)29-13-7-12-19(22(33)31-21(16-39)24(35)36)30-23(34)20(14-17-8-3-1-4-9-17)32-26(37)38-15-18-10-5-2-6-11-18/h1-6,8-11,19-21,39H,7,12-16H2,(H,30,34)(H,31,33)(H,32,37)(H,35,36)(H4,27,28,29)/t19-,20+,21-/m0/s1. The molecule has 3 atom stereocenters. The zero-order valence-electron chi connectivity index (χ0n) is 21.3. The molecule has 8 N–H and O–H groups in total. The van der Waals surface area contributed by atoms with Gasteiger partial charge in [0.15, 0.2) is 5.96 Å². The lowest BCUT2D eigenvalue weighted by Crippen LogP contribution is -2.56. The number of amides is 3. The third kappa shape index (κ3) is 11.8. The lowest BCUT2D eigenvalue weighted by Gasteiger charge is -2.24. The van der Waals surface area contributed by atoms with Crippen molar-refractivity contribution < 1.29 is 29.0 Å². The van der Waals surface area contributed by atoms with Crippen molar-refractivity contribution in [3.05, 3.63) is 71.8 Å². The smallest absolute Gasteiger partial charge is 0.408 e. The van der Waals surface area contributed by atoms with E-state index in [1.807, 2.05) is 24.3 Å². The molecule has 0 heterocycles. The van der Waals surface area contributed by atoms with Gasteiger partial charge >= 0.3 is 12.1 Å². The molecule has 2 aromatic rings. The largest absolute Gasteiger partial charge is 0.480 e. The number of carbonyl (C=O) groups excluding carboxylic acids is 3.